The van der Waals surface area contributed by atoms with E-state index in [2.05, 4.69) is 42.5 Å². The fourth-order valence-corrected chi connectivity index (χ4v) is 7.60. The molecule has 186 valence electrons. The summed E-state index contributed by atoms with van der Waals surface area (Å²) in [5.74, 6) is 1.81. The molecule has 2 bridgehead atoms. The zero-order valence-electron chi connectivity index (χ0n) is 20.7. The average Bonchev–Trinajstić information content (AvgIpc) is 3.55. The van der Waals surface area contributed by atoms with Gasteiger partial charge < -0.3 is 14.7 Å². The van der Waals surface area contributed by atoms with E-state index in [-0.39, 0.29) is 28.7 Å². The van der Waals surface area contributed by atoms with Crippen LogP contribution in [0.15, 0.2) is 11.2 Å². The van der Waals surface area contributed by atoms with Gasteiger partial charge in [0.2, 0.25) is 11.8 Å². The van der Waals surface area contributed by atoms with Gasteiger partial charge in [-0.15, -0.1) is 0 Å². The number of aromatic nitrogens is 2. The van der Waals surface area contributed by atoms with Crippen LogP contribution in [-0.2, 0) is 9.59 Å². The van der Waals surface area contributed by atoms with Gasteiger partial charge in [-0.05, 0) is 49.9 Å². The lowest BCUT2D eigenvalue weighted by atomic mass is 9.65. The van der Waals surface area contributed by atoms with E-state index < -0.39 is 0 Å². The van der Waals surface area contributed by atoms with Crippen LogP contribution < -0.4 is 4.90 Å². The zero-order valence-corrected chi connectivity index (χ0v) is 22.3. The lowest BCUT2D eigenvalue weighted by Crippen LogP contribution is -2.54. The Labute approximate surface area is 212 Å². The van der Waals surface area contributed by atoms with Crippen molar-refractivity contribution in [3.8, 4) is 0 Å². The van der Waals surface area contributed by atoms with Crippen molar-refractivity contribution in [1.29, 1.82) is 0 Å². The van der Waals surface area contributed by atoms with E-state index in [1.807, 2.05) is 4.90 Å². The van der Waals surface area contributed by atoms with Crippen LogP contribution in [-0.4, -0.2) is 75.6 Å². The first-order valence-electron chi connectivity index (χ1n) is 12.5. The van der Waals surface area contributed by atoms with E-state index in [1.54, 1.807) is 6.07 Å². The van der Waals surface area contributed by atoms with Gasteiger partial charge in [0.15, 0.2) is 5.16 Å². The number of piperazine rings is 1. The normalized spacial score (nSPS) is 30.6. The maximum atomic E-state index is 13.2. The molecule has 3 unspecified atom stereocenters. The first-order chi connectivity index (χ1) is 16.0. The topological polar surface area (TPSA) is 69.6 Å². The standard InChI is InChI=1S/C25H36ClN5O2S/c1-16-12-29(7-8-30(16)22(33)17-5-6-17)20-9-19(26)27-23(28-20)34-13-21(32)31-15-25(4)11-18(31)10-24(2,3)14-25/h9,16-18H,5-8,10-15H2,1-4H3. The van der Waals surface area contributed by atoms with E-state index in [0.717, 1.165) is 51.1 Å². The number of fused-ring (bicyclic) bond motifs is 2. The lowest BCUT2D eigenvalue weighted by Gasteiger charge is -2.40. The predicted molar refractivity (Wildman–Crippen MR) is 135 cm³/mol. The van der Waals surface area contributed by atoms with Crippen molar-refractivity contribution in [2.45, 2.75) is 77.0 Å². The van der Waals surface area contributed by atoms with Gasteiger partial charge in [-0.2, -0.15) is 0 Å². The third kappa shape index (κ3) is 5.03. The number of amides is 2. The van der Waals surface area contributed by atoms with Gasteiger partial charge in [-0.3, -0.25) is 9.59 Å². The molecule has 9 heteroatoms. The molecule has 4 aliphatic rings. The number of rotatable bonds is 5. The second-order valence-corrected chi connectivity index (χ2v) is 13.3. The number of carbonyl (C=O) groups is 2. The molecule has 4 fully saturated rings. The number of anilines is 1. The molecule has 0 N–H and O–H groups in total. The van der Waals surface area contributed by atoms with Crippen LogP contribution in [0.4, 0.5) is 5.82 Å². The van der Waals surface area contributed by atoms with Gasteiger partial charge in [-0.1, -0.05) is 44.1 Å². The molecule has 1 aromatic heterocycles. The van der Waals surface area contributed by atoms with Crippen molar-refractivity contribution in [2.75, 3.05) is 36.8 Å². The third-order valence-corrected chi connectivity index (χ3v) is 8.91. The molecular weight excluding hydrogens is 470 g/mol. The summed E-state index contributed by atoms with van der Waals surface area (Å²) in [6.07, 6.45) is 5.41. The van der Waals surface area contributed by atoms with E-state index in [9.17, 15) is 9.59 Å². The molecule has 2 saturated carbocycles. The monoisotopic (exact) mass is 505 g/mol. The molecule has 0 aromatic carbocycles. The Morgan fingerprint density at radius 2 is 1.91 bits per heavy atom. The van der Waals surface area contributed by atoms with Crippen LogP contribution in [0, 0.1) is 16.7 Å². The number of halogens is 1. The molecule has 34 heavy (non-hydrogen) atoms. The molecule has 0 spiro atoms. The van der Waals surface area contributed by atoms with Crippen LogP contribution in [0.2, 0.25) is 5.15 Å². The number of nitrogens with zero attached hydrogens (tertiary/aromatic N) is 5. The van der Waals surface area contributed by atoms with Crippen LogP contribution >= 0.6 is 23.4 Å². The van der Waals surface area contributed by atoms with Gasteiger partial charge in [0.05, 0.1) is 5.75 Å². The predicted octanol–water partition coefficient (Wildman–Crippen LogP) is 4.10. The Bertz CT molecular complexity index is 986. The summed E-state index contributed by atoms with van der Waals surface area (Å²) in [7, 11) is 0. The average molecular weight is 506 g/mol. The van der Waals surface area contributed by atoms with Crippen molar-refractivity contribution >= 4 is 41.0 Å². The molecule has 5 rings (SSSR count). The first-order valence-corrected chi connectivity index (χ1v) is 13.9. The molecule has 2 aliphatic carbocycles. The van der Waals surface area contributed by atoms with Crippen LogP contribution in [0.5, 0.6) is 0 Å². The Balaban J connectivity index is 1.21. The first kappa shape index (κ1) is 24.2. The van der Waals surface area contributed by atoms with Crippen LogP contribution in [0.25, 0.3) is 0 Å². The minimum atomic E-state index is 0.133. The number of hydrogen-bond acceptors (Lipinski definition) is 6. The molecular formula is C25H36ClN5O2S. The molecule has 0 radical (unpaired) electrons. The fraction of sp³-hybridized carbons (Fsp3) is 0.760. The molecule has 2 saturated heterocycles. The molecule has 3 heterocycles. The van der Waals surface area contributed by atoms with Crippen molar-refractivity contribution in [3.05, 3.63) is 11.2 Å². The van der Waals surface area contributed by atoms with Crippen LogP contribution in [0.1, 0.15) is 59.8 Å². The third-order valence-electron chi connectivity index (χ3n) is 7.88. The lowest BCUT2D eigenvalue weighted by molar-refractivity contribution is -0.135. The van der Waals surface area contributed by atoms with Gasteiger partial charge in [0.25, 0.3) is 0 Å². The summed E-state index contributed by atoms with van der Waals surface area (Å²) in [5.41, 5.74) is 0.515. The molecule has 3 atom stereocenters. The Hall–Kier alpha value is -1.54. The molecule has 7 nitrogen and oxygen atoms in total. The highest BCUT2D eigenvalue weighted by molar-refractivity contribution is 7.99. The number of hydrogen-bond donors (Lipinski definition) is 0. The van der Waals surface area contributed by atoms with Crippen molar-refractivity contribution in [2.24, 2.45) is 16.7 Å². The quantitative estimate of drug-likeness (QED) is 0.341. The van der Waals surface area contributed by atoms with Crippen molar-refractivity contribution < 1.29 is 9.59 Å². The highest BCUT2D eigenvalue weighted by Gasteiger charge is 2.50. The molecule has 2 aliphatic heterocycles. The van der Waals surface area contributed by atoms with Crippen molar-refractivity contribution in [3.63, 3.8) is 0 Å². The van der Waals surface area contributed by atoms with Gasteiger partial charge in [-0.25, -0.2) is 9.97 Å². The highest BCUT2D eigenvalue weighted by Crippen LogP contribution is 2.52. The number of likely N-dealkylation sites (tertiary alicyclic amines) is 1. The van der Waals surface area contributed by atoms with E-state index in [0.29, 0.717) is 34.6 Å². The smallest absolute Gasteiger partial charge is 0.233 e. The Morgan fingerprint density at radius 1 is 1.15 bits per heavy atom. The highest BCUT2D eigenvalue weighted by atomic mass is 35.5. The minimum absolute atomic E-state index is 0.133. The molecule has 2 amide bonds. The second-order valence-electron chi connectivity index (χ2n) is 12.0. The molecule has 1 aromatic rings. The number of thioether (sulfide) groups is 1. The Morgan fingerprint density at radius 3 is 2.62 bits per heavy atom. The largest absolute Gasteiger partial charge is 0.353 e. The van der Waals surface area contributed by atoms with Gasteiger partial charge >= 0.3 is 0 Å². The van der Waals surface area contributed by atoms with Crippen LogP contribution in [0.3, 0.4) is 0 Å². The SMILES string of the molecule is CC1CN(c2cc(Cl)nc(SCC(=O)N3CC4(C)CC3CC(C)(C)C4)n2)CCN1C(=O)C1CC1. The maximum Gasteiger partial charge on any atom is 0.233 e. The Kier molecular flexibility index (Phi) is 6.28. The minimum Gasteiger partial charge on any atom is -0.353 e. The summed E-state index contributed by atoms with van der Waals surface area (Å²) in [6.45, 7) is 12.1. The summed E-state index contributed by atoms with van der Waals surface area (Å²) in [4.78, 5) is 41.1. The number of carbonyl (C=O) groups excluding carboxylic acids is 2. The van der Waals surface area contributed by atoms with Gasteiger partial charge in [0.1, 0.15) is 11.0 Å². The van der Waals surface area contributed by atoms with E-state index >= 15 is 0 Å². The summed E-state index contributed by atoms with van der Waals surface area (Å²) in [6, 6.07) is 2.26. The van der Waals surface area contributed by atoms with Gasteiger partial charge in [0, 0.05) is 50.2 Å². The van der Waals surface area contributed by atoms with E-state index in [1.165, 1.54) is 18.2 Å². The summed E-state index contributed by atoms with van der Waals surface area (Å²) < 4.78 is 0. The summed E-state index contributed by atoms with van der Waals surface area (Å²) in [5, 5.41) is 0.920. The van der Waals surface area contributed by atoms with Crippen molar-refractivity contribution in [1.82, 2.24) is 19.8 Å². The summed E-state index contributed by atoms with van der Waals surface area (Å²) >= 11 is 7.72. The van der Waals surface area contributed by atoms with E-state index in [4.69, 9.17) is 16.6 Å². The second kappa shape index (κ2) is 8.84. The zero-order chi connectivity index (χ0) is 24.3. The fourth-order valence-electron chi connectivity index (χ4n) is 6.63. The maximum absolute atomic E-state index is 13.2.